The largest absolute Gasteiger partial charge is 0.0985 e. The van der Waals surface area contributed by atoms with Crippen molar-refractivity contribution in [1.29, 1.82) is 0 Å². The van der Waals surface area contributed by atoms with Crippen molar-refractivity contribution in [2.24, 2.45) is 0 Å². The molecule has 1 aromatic carbocycles. The van der Waals surface area contributed by atoms with Crippen molar-refractivity contribution in [3.8, 4) is 0 Å². The highest BCUT2D eigenvalue weighted by molar-refractivity contribution is 5.66. The smallest absolute Gasteiger partial charge is 0.0227 e. The zero-order valence-corrected chi connectivity index (χ0v) is 7.96. The quantitative estimate of drug-likeness (QED) is 0.605. The first kappa shape index (κ1) is 9.53. The standard InChI is InChI=1S/C13H14/c1-4-11(2)10-12(3)13-8-6-5-7-9-13/h4-10H,1-2H2,3H3. The van der Waals surface area contributed by atoms with Crippen molar-refractivity contribution in [3.05, 3.63) is 66.8 Å². The molecule has 0 bridgehead atoms. The van der Waals surface area contributed by atoms with Gasteiger partial charge in [-0.15, -0.1) is 0 Å². The van der Waals surface area contributed by atoms with Gasteiger partial charge < -0.3 is 0 Å². The molecule has 0 aliphatic heterocycles. The van der Waals surface area contributed by atoms with E-state index in [1.54, 1.807) is 6.08 Å². The minimum atomic E-state index is 0.946. The highest BCUT2D eigenvalue weighted by atomic mass is 14.0. The Bertz CT molecular complexity index is 328. The Morgan fingerprint density at radius 2 is 1.85 bits per heavy atom. The maximum absolute atomic E-state index is 3.84. The molecule has 1 rings (SSSR count). The number of hydrogen-bond acceptors (Lipinski definition) is 0. The predicted molar refractivity (Wildman–Crippen MR) is 59.4 cm³/mol. The molecule has 0 N–H and O–H groups in total. The van der Waals surface area contributed by atoms with Crippen molar-refractivity contribution in [2.45, 2.75) is 6.92 Å². The van der Waals surface area contributed by atoms with Crippen LogP contribution in [0.4, 0.5) is 0 Å². The number of allylic oxidation sites excluding steroid dienone is 4. The molecule has 0 unspecified atom stereocenters. The maximum Gasteiger partial charge on any atom is -0.0227 e. The van der Waals surface area contributed by atoms with E-state index in [1.807, 2.05) is 24.3 Å². The fourth-order valence-corrected chi connectivity index (χ4v) is 1.12. The zero-order valence-electron chi connectivity index (χ0n) is 7.96. The summed E-state index contributed by atoms with van der Waals surface area (Å²) in [5.41, 5.74) is 3.39. The molecule has 0 nitrogen and oxygen atoms in total. The molecule has 0 heteroatoms. The third-order valence-electron chi connectivity index (χ3n) is 1.89. The lowest BCUT2D eigenvalue weighted by molar-refractivity contribution is 1.55. The van der Waals surface area contributed by atoms with E-state index < -0.39 is 0 Å². The van der Waals surface area contributed by atoms with Crippen LogP contribution in [0.25, 0.3) is 5.57 Å². The Hall–Kier alpha value is -1.56. The van der Waals surface area contributed by atoms with Gasteiger partial charge in [0.1, 0.15) is 0 Å². The van der Waals surface area contributed by atoms with E-state index in [9.17, 15) is 0 Å². The lowest BCUT2D eigenvalue weighted by atomic mass is 10.1. The number of benzene rings is 1. The van der Waals surface area contributed by atoms with Crippen LogP contribution in [-0.4, -0.2) is 0 Å². The van der Waals surface area contributed by atoms with E-state index in [0.717, 1.165) is 5.57 Å². The monoisotopic (exact) mass is 170 g/mol. The first-order valence-electron chi connectivity index (χ1n) is 4.29. The first-order chi connectivity index (χ1) is 6.24. The van der Waals surface area contributed by atoms with Gasteiger partial charge in [-0.3, -0.25) is 0 Å². The third kappa shape index (κ3) is 2.75. The molecule has 13 heavy (non-hydrogen) atoms. The van der Waals surface area contributed by atoms with E-state index in [4.69, 9.17) is 0 Å². The molecular weight excluding hydrogens is 156 g/mol. The van der Waals surface area contributed by atoms with Gasteiger partial charge in [0.05, 0.1) is 0 Å². The molecule has 0 saturated heterocycles. The van der Waals surface area contributed by atoms with E-state index in [-0.39, 0.29) is 0 Å². The first-order valence-corrected chi connectivity index (χ1v) is 4.29. The predicted octanol–water partition coefficient (Wildman–Crippen LogP) is 3.83. The van der Waals surface area contributed by atoms with Crippen LogP contribution >= 0.6 is 0 Å². The molecular formula is C13H14. The zero-order chi connectivity index (χ0) is 9.68. The summed E-state index contributed by atoms with van der Waals surface area (Å²) in [6, 6.07) is 10.2. The van der Waals surface area contributed by atoms with Gasteiger partial charge in [0.25, 0.3) is 0 Å². The van der Waals surface area contributed by atoms with E-state index in [0.29, 0.717) is 0 Å². The summed E-state index contributed by atoms with van der Waals surface area (Å²) in [5.74, 6) is 0. The summed E-state index contributed by atoms with van der Waals surface area (Å²) >= 11 is 0. The van der Waals surface area contributed by atoms with Crippen LogP contribution in [0.2, 0.25) is 0 Å². The van der Waals surface area contributed by atoms with E-state index in [1.165, 1.54) is 11.1 Å². The second-order valence-corrected chi connectivity index (χ2v) is 2.97. The van der Waals surface area contributed by atoms with Crippen molar-refractivity contribution in [3.63, 3.8) is 0 Å². The molecule has 0 aliphatic carbocycles. The lowest BCUT2D eigenvalue weighted by Crippen LogP contribution is -1.78. The second kappa shape index (κ2) is 4.46. The summed E-state index contributed by atoms with van der Waals surface area (Å²) in [4.78, 5) is 0. The molecule has 0 atom stereocenters. The Morgan fingerprint density at radius 1 is 1.23 bits per heavy atom. The summed E-state index contributed by atoms with van der Waals surface area (Å²) in [5, 5.41) is 0. The van der Waals surface area contributed by atoms with Crippen LogP contribution in [0.3, 0.4) is 0 Å². The highest BCUT2D eigenvalue weighted by Gasteiger charge is 1.92. The second-order valence-electron chi connectivity index (χ2n) is 2.97. The van der Waals surface area contributed by atoms with Gasteiger partial charge in [-0.2, -0.15) is 0 Å². The Morgan fingerprint density at radius 3 is 2.38 bits per heavy atom. The Labute approximate surface area is 79.9 Å². The normalized spacial score (nSPS) is 11.0. The van der Waals surface area contributed by atoms with Crippen LogP contribution in [0, 0.1) is 0 Å². The van der Waals surface area contributed by atoms with Crippen molar-refractivity contribution in [2.75, 3.05) is 0 Å². The van der Waals surface area contributed by atoms with Gasteiger partial charge >= 0.3 is 0 Å². The van der Waals surface area contributed by atoms with Crippen LogP contribution in [-0.2, 0) is 0 Å². The number of hydrogen-bond donors (Lipinski definition) is 0. The van der Waals surface area contributed by atoms with Crippen molar-refractivity contribution < 1.29 is 0 Å². The van der Waals surface area contributed by atoms with Crippen molar-refractivity contribution in [1.82, 2.24) is 0 Å². The summed E-state index contributed by atoms with van der Waals surface area (Å²) in [6.45, 7) is 9.58. The van der Waals surface area contributed by atoms with Crippen LogP contribution < -0.4 is 0 Å². The molecule has 0 amide bonds. The SMILES string of the molecule is C=CC(=C)C=C(C)c1ccccc1. The topological polar surface area (TPSA) is 0 Å². The van der Waals surface area contributed by atoms with Crippen molar-refractivity contribution >= 4 is 5.57 Å². The van der Waals surface area contributed by atoms with Gasteiger partial charge in [-0.1, -0.05) is 55.6 Å². The Kier molecular flexibility index (Phi) is 3.27. The minimum Gasteiger partial charge on any atom is -0.0985 e. The summed E-state index contributed by atoms with van der Waals surface area (Å²) < 4.78 is 0. The fourth-order valence-electron chi connectivity index (χ4n) is 1.12. The van der Waals surface area contributed by atoms with Gasteiger partial charge in [-0.05, 0) is 23.6 Å². The molecule has 0 heterocycles. The van der Waals surface area contributed by atoms with Gasteiger partial charge in [0.2, 0.25) is 0 Å². The molecule has 1 aromatic rings. The van der Waals surface area contributed by atoms with Crippen LogP contribution in [0.15, 0.2) is 61.2 Å². The third-order valence-corrected chi connectivity index (χ3v) is 1.89. The molecule has 0 spiro atoms. The summed E-state index contributed by atoms with van der Waals surface area (Å²) in [7, 11) is 0. The maximum atomic E-state index is 3.84. The van der Waals surface area contributed by atoms with Gasteiger partial charge in [-0.25, -0.2) is 0 Å². The molecule has 0 radical (unpaired) electrons. The minimum absolute atomic E-state index is 0.946. The molecule has 0 aliphatic rings. The van der Waals surface area contributed by atoms with Gasteiger partial charge in [0.15, 0.2) is 0 Å². The van der Waals surface area contributed by atoms with Crippen LogP contribution in [0.5, 0.6) is 0 Å². The Balaban J connectivity index is 2.91. The number of rotatable bonds is 3. The molecule has 0 saturated carbocycles. The molecule has 0 aromatic heterocycles. The van der Waals surface area contributed by atoms with E-state index in [2.05, 4.69) is 32.2 Å². The van der Waals surface area contributed by atoms with E-state index >= 15 is 0 Å². The highest BCUT2D eigenvalue weighted by Crippen LogP contribution is 2.14. The fraction of sp³-hybridized carbons (Fsp3) is 0.0769. The summed E-state index contributed by atoms with van der Waals surface area (Å²) in [6.07, 6.45) is 3.79. The molecule has 0 fully saturated rings. The molecule has 66 valence electrons. The van der Waals surface area contributed by atoms with Gasteiger partial charge in [0, 0.05) is 0 Å². The lowest BCUT2D eigenvalue weighted by Gasteiger charge is -2.00. The average Bonchev–Trinajstić information content (AvgIpc) is 2.19. The average molecular weight is 170 g/mol. The van der Waals surface area contributed by atoms with Crippen LogP contribution in [0.1, 0.15) is 12.5 Å².